The maximum absolute atomic E-state index is 12.5. The highest BCUT2D eigenvalue weighted by molar-refractivity contribution is 6.42. The van der Waals surface area contributed by atoms with Gasteiger partial charge in [-0.3, -0.25) is 4.79 Å². The summed E-state index contributed by atoms with van der Waals surface area (Å²) in [5, 5.41) is 4.29. The van der Waals surface area contributed by atoms with E-state index in [0.717, 1.165) is 24.9 Å². The van der Waals surface area contributed by atoms with Crippen LogP contribution in [0.4, 0.5) is 0 Å². The monoisotopic (exact) mass is 364 g/mol. The first kappa shape index (κ1) is 17.8. The van der Waals surface area contributed by atoms with Crippen molar-refractivity contribution in [3.8, 4) is 0 Å². The Hall–Kier alpha value is -0.520. The summed E-state index contributed by atoms with van der Waals surface area (Å²) in [5.74, 6) is 0.181. The van der Waals surface area contributed by atoms with Crippen molar-refractivity contribution < 1.29 is 9.53 Å². The molecule has 1 N–H and O–H groups in total. The van der Waals surface area contributed by atoms with E-state index in [9.17, 15) is 4.79 Å². The highest BCUT2D eigenvalue weighted by atomic mass is 35.5. The van der Waals surface area contributed by atoms with E-state index in [4.69, 9.17) is 27.9 Å². The molecule has 0 bridgehead atoms. The molecule has 2 saturated heterocycles. The predicted octanol–water partition coefficient (Wildman–Crippen LogP) is 3.07. The molecule has 2 heterocycles. The fraction of sp³-hybridized carbons (Fsp3) is 0.533. The topological polar surface area (TPSA) is 41.6 Å². The van der Waals surface area contributed by atoms with Crippen molar-refractivity contribution in [1.82, 2.24) is 10.2 Å². The molecule has 0 radical (unpaired) electrons. The SMILES string of the molecule is Cl.O=C(C1CCCN1)N1CCOC(c2ccc(Cl)c(Cl)c2)C1. The van der Waals surface area contributed by atoms with Gasteiger partial charge in [-0.2, -0.15) is 0 Å². The van der Waals surface area contributed by atoms with Crippen molar-refractivity contribution in [1.29, 1.82) is 0 Å². The second kappa shape index (κ2) is 7.84. The fourth-order valence-corrected chi connectivity index (χ4v) is 3.19. The summed E-state index contributed by atoms with van der Waals surface area (Å²) in [5.41, 5.74) is 0.960. The summed E-state index contributed by atoms with van der Waals surface area (Å²) < 4.78 is 5.79. The zero-order valence-corrected chi connectivity index (χ0v) is 14.4. The summed E-state index contributed by atoms with van der Waals surface area (Å²) in [6.07, 6.45) is 1.85. The largest absolute Gasteiger partial charge is 0.370 e. The van der Waals surface area contributed by atoms with Crippen LogP contribution in [0, 0.1) is 0 Å². The number of ether oxygens (including phenoxy) is 1. The van der Waals surface area contributed by atoms with Gasteiger partial charge >= 0.3 is 0 Å². The Morgan fingerprint density at radius 1 is 1.32 bits per heavy atom. The quantitative estimate of drug-likeness (QED) is 0.876. The summed E-state index contributed by atoms with van der Waals surface area (Å²) >= 11 is 12.0. The fourth-order valence-electron chi connectivity index (χ4n) is 2.88. The molecular weight excluding hydrogens is 347 g/mol. The molecule has 2 aliphatic rings. The Balaban J connectivity index is 0.00000176. The molecule has 2 aliphatic heterocycles. The van der Waals surface area contributed by atoms with Gasteiger partial charge in [0.15, 0.2) is 0 Å². The normalized spacial score (nSPS) is 24.9. The first-order valence-electron chi connectivity index (χ1n) is 7.24. The second-order valence-electron chi connectivity index (χ2n) is 5.47. The summed E-state index contributed by atoms with van der Waals surface area (Å²) in [6.45, 7) is 2.68. The van der Waals surface area contributed by atoms with Gasteiger partial charge in [0.25, 0.3) is 0 Å². The average Bonchev–Trinajstić information content (AvgIpc) is 3.04. The van der Waals surface area contributed by atoms with Gasteiger partial charge in [0, 0.05) is 6.54 Å². The number of benzene rings is 1. The number of hydrogen-bond donors (Lipinski definition) is 1. The summed E-state index contributed by atoms with van der Waals surface area (Å²) in [7, 11) is 0. The number of amides is 1. The molecule has 0 aromatic heterocycles. The second-order valence-corrected chi connectivity index (χ2v) is 6.28. The number of nitrogens with zero attached hydrogens (tertiary/aromatic N) is 1. The third-order valence-electron chi connectivity index (χ3n) is 4.05. The van der Waals surface area contributed by atoms with E-state index in [1.807, 2.05) is 17.0 Å². The maximum Gasteiger partial charge on any atom is 0.239 e. The lowest BCUT2D eigenvalue weighted by Crippen LogP contribution is -2.49. The highest BCUT2D eigenvalue weighted by Crippen LogP contribution is 2.29. The van der Waals surface area contributed by atoms with E-state index in [-0.39, 0.29) is 30.5 Å². The van der Waals surface area contributed by atoms with Gasteiger partial charge in [-0.15, -0.1) is 12.4 Å². The molecule has 22 heavy (non-hydrogen) atoms. The van der Waals surface area contributed by atoms with E-state index >= 15 is 0 Å². The molecule has 2 fully saturated rings. The lowest BCUT2D eigenvalue weighted by atomic mass is 10.1. The van der Waals surface area contributed by atoms with Crippen LogP contribution in [0.15, 0.2) is 18.2 Å². The maximum atomic E-state index is 12.5. The van der Waals surface area contributed by atoms with Crippen molar-refractivity contribution in [2.75, 3.05) is 26.2 Å². The van der Waals surface area contributed by atoms with Crippen LogP contribution in [0.5, 0.6) is 0 Å². The molecular formula is C15H19Cl3N2O2. The Kier molecular flexibility index (Phi) is 6.36. The smallest absolute Gasteiger partial charge is 0.239 e. The van der Waals surface area contributed by atoms with E-state index < -0.39 is 0 Å². The Bertz CT molecular complexity index is 536. The van der Waals surface area contributed by atoms with Crippen molar-refractivity contribution in [3.63, 3.8) is 0 Å². The average molecular weight is 366 g/mol. The lowest BCUT2D eigenvalue weighted by Gasteiger charge is -2.34. The van der Waals surface area contributed by atoms with Gasteiger partial charge in [-0.1, -0.05) is 29.3 Å². The molecule has 2 atom stereocenters. The molecule has 122 valence electrons. The molecule has 0 spiro atoms. The van der Waals surface area contributed by atoms with Crippen molar-refractivity contribution in [2.45, 2.75) is 25.0 Å². The molecule has 0 aliphatic carbocycles. The van der Waals surface area contributed by atoms with Crippen LogP contribution in [0.2, 0.25) is 10.0 Å². The minimum atomic E-state index is -0.140. The first-order valence-corrected chi connectivity index (χ1v) is 7.99. The zero-order valence-electron chi connectivity index (χ0n) is 12.1. The van der Waals surface area contributed by atoms with E-state index in [2.05, 4.69) is 5.32 Å². The van der Waals surface area contributed by atoms with E-state index in [1.165, 1.54) is 0 Å². The number of halogens is 3. The number of morpholine rings is 1. The van der Waals surface area contributed by atoms with Crippen molar-refractivity contribution in [2.24, 2.45) is 0 Å². The van der Waals surface area contributed by atoms with Crippen LogP contribution in [0.25, 0.3) is 0 Å². The molecule has 1 aromatic rings. The predicted molar refractivity (Wildman–Crippen MR) is 90.0 cm³/mol. The molecule has 2 unspecified atom stereocenters. The number of nitrogens with one attached hydrogen (secondary N) is 1. The molecule has 0 saturated carbocycles. The standard InChI is InChI=1S/C15H18Cl2N2O2.ClH/c16-11-4-3-10(8-12(11)17)14-9-19(6-7-21-14)15(20)13-2-1-5-18-13;/h3-4,8,13-14,18H,1-2,5-7,9H2;1H. The molecule has 1 amide bonds. The van der Waals surface area contributed by atoms with E-state index in [1.54, 1.807) is 6.07 Å². The molecule has 4 nitrogen and oxygen atoms in total. The number of carbonyl (C=O) groups is 1. The van der Waals surface area contributed by atoms with Gasteiger partial charge < -0.3 is 15.0 Å². The van der Waals surface area contributed by atoms with Crippen LogP contribution < -0.4 is 5.32 Å². The third-order valence-corrected chi connectivity index (χ3v) is 4.79. The summed E-state index contributed by atoms with van der Waals surface area (Å²) in [6, 6.07) is 5.45. The number of carbonyl (C=O) groups excluding carboxylic acids is 1. The van der Waals surface area contributed by atoms with Crippen molar-refractivity contribution >= 4 is 41.5 Å². The molecule has 3 rings (SSSR count). The Morgan fingerprint density at radius 3 is 2.82 bits per heavy atom. The number of rotatable bonds is 2. The van der Waals surface area contributed by atoms with Crippen LogP contribution in [-0.4, -0.2) is 43.1 Å². The van der Waals surface area contributed by atoms with Gasteiger partial charge in [0.2, 0.25) is 5.91 Å². The van der Waals surface area contributed by atoms with Crippen LogP contribution in [0.1, 0.15) is 24.5 Å². The summed E-state index contributed by atoms with van der Waals surface area (Å²) in [4.78, 5) is 14.3. The minimum Gasteiger partial charge on any atom is -0.370 e. The Morgan fingerprint density at radius 2 is 2.14 bits per heavy atom. The van der Waals surface area contributed by atoms with Gasteiger partial charge in [0.1, 0.15) is 6.10 Å². The van der Waals surface area contributed by atoms with Crippen LogP contribution in [-0.2, 0) is 9.53 Å². The Labute approximate surface area is 146 Å². The lowest BCUT2D eigenvalue weighted by molar-refractivity contribution is -0.140. The van der Waals surface area contributed by atoms with Gasteiger partial charge in [-0.05, 0) is 37.1 Å². The molecule has 1 aromatic carbocycles. The molecule has 7 heteroatoms. The van der Waals surface area contributed by atoms with Crippen LogP contribution in [0.3, 0.4) is 0 Å². The third kappa shape index (κ3) is 3.87. The first-order chi connectivity index (χ1) is 10.1. The number of hydrogen-bond acceptors (Lipinski definition) is 3. The van der Waals surface area contributed by atoms with Gasteiger partial charge in [0.05, 0.1) is 29.2 Å². The van der Waals surface area contributed by atoms with Gasteiger partial charge in [-0.25, -0.2) is 0 Å². The van der Waals surface area contributed by atoms with Crippen LogP contribution >= 0.6 is 35.6 Å². The van der Waals surface area contributed by atoms with Crippen molar-refractivity contribution in [3.05, 3.63) is 33.8 Å². The minimum absolute atomic E-state index is 0. The highest BCUT2D eigenvalue weighted by Gasteiger charge is 2.31. The van der Waals surface area contributed by atoms with E-state index in [0.29, 0.717) is 29.7 Å². The zero-order chi connectivity index (χ0) is 14.8.